The zero-order valence-electron chi connectivity index (χ0n) is 16.1. The molecule has 0 saturated heterocycles. The van der Waals surface area contributed by atoms with Crippen LogP contribution in [-0.4, -0.2) is 17.3 Å². The number of methoxy groups -OCH3 is 1. The number of hydrogen-bond donors (Lipinski definition) is 2. The maximum atomic E-state index is 10.0. The molecule has 0 heterocycles. The van der Waals surface area contributed by atoms with Gasteiger partial charge < -0.3 is 14.9 Å². The lowest BCUT2D eigenvalue weighted by Gasteiger charge is -2.07. The van der Waals surface area contributed by atoms with Crippen molar-refractivity contribution >= 4 is 6.08 Å². The number of benzene rings is 1. The van der Waals surface area contributed by atoms with Gasteiger partial charge in [0.2, 0.25) is 0 Å². The largest absolute Gasteiger partial charge is 0.508 e. The van der Waals surface area contributed by atoms with E-state index < -0.39 is 0 Å². The second kappa shape index (κ2) is 13.6. The van der Waals surface area contributed by atoms with Crippen LogP contribution < -0.4 is 4.74 Å². The smallest absolute Gasteiger partial charge is 0.165 e. The van der Waals surface area contributed by atoms with E-state index in [0.717, 1.165) is 6.42 Å². The third-order valence-electron chi connectivity index (χ3n) is 4.58. The SMILES string of the molecule is CCCCCCCCCCCCCC=Cc1cc(O)cc(OC)c1O. The maximum absolute atomic E-state index is 10.0. The Hall–Kier alpha value is -1.64. The van der Waals surface area contributed by atoms with E-state index in [2.05, 4.69) is 13.0 Å². The minimum atomic E-state index is 0.0792. The van der Waals surface area contributed by atoms with Crippen LogP contribution >= 0.6 is 0 Å². The van der Waals surface area contributed by atoms with Crippen molar-refractivity contribution in [1.82, 2.24) is 0 Å². The maximum Gasteiger partial charge on any atom is 0.165 e. The fourth-order valence-electron chi connectivity index (χ4n) is 3.03. The Morgan fingerprint density at radius 2 is 1.40 bits per heavy atom. The zero-order valence-corrected chi connectivity index (χ0v) is 16.1. The Morgan fingerprint density at radius 1 is 0.840 bits per heavy atom. The van der Waals surface area contributed by atoms with Gasteiger partial charge in [-0.15, -0.1) is 0 Å². The van der Waals surface area contributed by atoms with Crippen LogP contribution in [0.1, 0.15) is 89.5 Å². The number of ether oxygens (including phenoxy) is 1. The number of rotatable bonds is 14. The summed E-state index contributed by atoms with van der Waals surface area (Å²) in [6.45, 7) is 2.26. The van der Waals surface area contributed by atoms with E-state index in [9.17, 15) is 10.2 Å². The molecule has 1 rings (SSSR count). The lowest BCUT2D eigenvalue weighted by Crippen LogP contribution is -1.86. The minimum Gasteiger partial charge on any atom is -0.508 e. The number of unbranched alkanes of at least 4 members (excludes halogenated alkanes) is 11. The van der Waals surface area contributed by atoms with Crippen molar-refractivity contribution in [2.24, 2.45) is 0 Å². The highest BCUT2D eigenvalue weighted by Gasteiger charge is 2.07. The molecular formula is C22H36O3. The molecule has 0 spiro atoms. The molecule has 2 N–H and O–H groups in total. The highest BCUT2D eigenvalue weighted by molar-refractivity contribution is 5.64. The number of hydrogen-bond acceptors (Lipinski definition) is 3. The molecule has 3 heteroatoms. The Balaban J connectivity index is 2.08. The molecule has 0 aliphatic heterocycles. The fraction of sp³-hybridized carbons (Fsp3) is 0.636. The van der Waals surface area contributed by atoms with E-state index in [-0.39, 0.29) is 11.5 Å². The fourth-order valence-corrected chi connectivity index (χ4v) is 3.03. The molecule has 3 nitrogen and oxygen atoms in total. The number of aromatic hydroxyl groups is 2. The highest BCUT2D eigenvalue weighted by atomic mass is 16.5. The topological polar surface area (TPSA) is 49.7 Å². The second-order valence-electron chi connectivity index (χ2n) is 6.81. The summed E-state index contributed by atoms with van der Waals surface area (Å²) >= 11 is 0. The van der Waals surface area contributed by atoms with Crippen LogP contribution in [0.15, 0.2) is 18.2 Å². The van der Waals surface area contributed by atoms with Crippen LogP contribution in [0.3, 0.4) is 0 Å². The molecule has 0 aromatic heterocycles. The normalized spacial score (nSPS) is 11.3. The van der Waals surface area contributed by atoms with E-state index in [0.29, 0.717) is 11.3 Å². The predicted molar refractivity (Wildman–Crippen MR) is 106 cm³/mol. The van der Waals surface area contributed by atoms with Crippen molar-refractivity contribution < 1.29 is 14.9 Å². The van der Waals surface area contributed by atoms with Crippen LogP contribution in [0.2, 0.25) is 0 Å². The van der Waals surface area contributed by atoms with E-state index in [1.807, 2.05) is 6.08 Å². The van der Waals surface area contributed by atoms with Gasteiger partial charge in [-0.25, -0.2) is 0 Å². The summed E-state index contributed by atoms with van der Waals surface area (Å²) in [7, 11) is 1.48. The summed E-state index contributed by atoms with van der Waals surface area (Å²) in [5, 5.41) is 19.6. The average molecular weight is 349 g/mol. The van der Waals surface area contributed by atoms with Crippen LogP contribution in [-0.2, 0) is 0 Å². The molecule has 0 radical (unpaired) electrons. The molecule has 0 atom stereocenters. The summed E-state index contributed by atoms with van der Waals surface area (Å²) in [6, 6.07) is 2.96. The first-order valence-corrected chi connectivity index (χ1v) is 9.95. The molecule has 0 amide bonds. The van der Waals surface area contributed by atoms with Crippen LogP contribution in [0.25, 0.3) is 6.08 Å². The minimum absolute atomic E-state index is 0.0792. The third kappa shape index (κ3) is 9.42. The van der Waals surface area contributed by atoms with Crippen molar-refractivity contribution in [1.29, 1.82) is 0 Å². The van der Waals surface area contributed by atoms with Gasteiger partial charge in [0.25, 0.3) is 0 Å². The van der Waals surface area contributed by atoms with Crippen molar-refractivity contribution in [2.75, 3.05) is 7.11 Å². The lowest BCUT2D eigenvalue weighted by molar-refractivity contribution is 0.368. The lowest BCUT2D eigenvalue weighted by atomic mass is 10.0. The molecule has 0 unspecified atom stereocenters. The standard InChI is InChI=1S/C22H36O3/c1-3-4-5-6-7-8-9-10-11-12-13-14-15-16-19-17-20(23)18-21(25-2)22(19)24/h15-18,23-24H,3-14H2,1-2H3. The van der Waals surface area contributed by atoms with E-state index in [1.165, 1.54) is 83.8 Å². The van der Waals surface area contributed by atoms with Gasteiger partial charge in [0, 0.05) is 11.6 Å². The van der Waals surface area contributed by atoms with Gasteiger partial charge in [0.05, 0.1) is 7.11 Å². The summed E-state index contributed by atoms with van der Waals surface area (Å²) in [4.78, 5) is 0. The van der Waals surface area contributed by atoms with Gasteiger partial charge in [0.15, 0.2) is 11.5 Å². The Bertz CT molecular complexity index is 494. The van der Waals surface area contributed by atoms with Crippen molar-refractivity contribution in [3.63, 3.8) is 0 Å². The van der Waals surface area contributed by atoms with Gasteiger partial charge in [-0.1, -0.05) is 83.3 Å². The highest BCUT2D eigenvalue weighted by Crippen LogP contribution is 2.34. The van der Waals surface area contributed by atoms with Crippen molar-refractivity contribution in [3.05, 3.63) is 23.8 Å². The predicted octanol–water partition coefficient (Wildman–Crippen LogP) is 6.82. The van der Waals surface area contributed by atoms with Crippen molar-refractivity contribution in [2.45, 2.75) is 84.0 Å². The first-order valence-electron chi connectivity index (χ1n) is 9.95. The van der Waals surface area contributed by atoms with E-state index >= 15 is 0 Å². The first kappa shape index (κ1) is 21.4. The Morgan fingerprint density at radius 3 is 1.96 bits per heavy atom. The summed E-state index contributed by atoms with van der Waals surface area (Å²) < 4.78 is 5.04. The molecule has 25 heavy (non-hydrogen) atoms. The Labute approximate surface area is 153 Å². The molecule has 0 fully saturated rings. The molecule has 0 bridgehead atoms. The van der Waals surface area contributed by atoms with E-state index in [1.54, 1.807) is 6.07 Å². The molecular weight excluding hydrogens is 312 g/mol. The number of phenols is 2. The molecule has 0 saturated carbocycles. The second-order valence-corrected chi connectivity index (χ2v) is 6.81. The van der Waals surface area contributed by atoms with E-state index in [4.69, 9.17) is 4.74 Å². The molecule has 0 aliphatic rings. The molecule has 1 aromatic rings. The monoisotopic (exact) mass is 348 g/mol. The third-order valence-corrected chi connectivity index (χ3v) is 4.58. The summed E-state index contributed by atoms with van der Waals surface area (Å²) in [5.41, 5.74) is 0.597. The molecule has 142 valence electrons. The summed E-state index contributed by atoms with van der Waals surface area (Å²) in [6.07, 6.45) is 19.7. The van der Waals surface area contributed by atoms with Crippen LogP contribution in [0.5, 0.6) is 17.2 Å². The first-order chi connectivity index (χ1) is 12.2. The molecule has 1 aromatic carbocycles. The van der Waals surface area contributed by atoms with Gasteiger partial charge in [0.1, 0.15) is 5.75 Å². The average Bonchev–Trinajstić information content (AvgIpc) is 2.61. The van der Waals surface area contributed by atoms with Gasteiger partial charge in [-0.2, -0.15) is 0 Å². The quantitative estimate of drug-likeness (QED) is 0.286. The number of allylic oxidation sites excluding steroid dienone is 1. The number of phenolic OH excluding ortho intramolecular Hbond substituents is 2. The van der Waals surface area contributed by atoms with Crippen LogP contribution in [0.4, 0.5) is 0 Å². The summed E-state index contributed by atoms with van der Waals surface area (Å²) in [5.74, 6) is 0.480. The van der Waals surface area contributed by atoms with Crippen LogP contribution in [0, 0.1) is 0 Å². The van der Waals surface area contributed by atoms with Gasteiger partial charge in [-0.05, 0) is 18.9 Å². The van der Waals surface area contributed by atoms with Gasteiger partial charge >= 0.3 is 0 Å². The van der Waals surface area contributed by atoms with Gasteiger partial charge in [-0.3, -0.25) is 0 Å². The molecule has 0 aliphatic carbocycles. The Kier molecular flexibility index (Phi) is 11.7. The van der Waals surface area contributed by atoms with Crippen molar-refractivity contribution in [3.8, 4) is 17.2 Å². The zero-order chi connectivity index (χ0) is 18.3.